The Morgan fingerprint density at radius 2 is 2.28 bits per heavy atom. The number of likely N-dealkylation sites (tertiary alicyclic amines) is 1. The van der Waals surface area contributed by atoms with E-state index >= 15 is 0 Å². The van der Waals surface area contributed by atoms with E-state index in [0.29, 0.717) is 48.6 Å². The van der Waals surface area contributed by atoms with Gasteiger partial charge in [0.25, 0.3) is 0 Å². The zero-order chi connectivity index (χ0) is 19.9. The van der Waals surface area contributed by atoms with Crippen molar-refractivity contribution in [1.29, 1.82) is 0 Å². The van der Waals surface area contributed by atoms with Crippen molar-refractivity contribution in [3.63, 3.8) is 0 Å². The first kappa shape index (κ1) is 23.4. The number of hydrogen-bond acceptors (Lipinski definition) is 5. The van der Waals surface area contributed by atoms with Crippen LogP contribution in [0.5, 0.6) is 0 Å². The van der Waals surface area contributed by atoms with Crippen molar-refractivity contribution in [2.45, 2.75) is 32.2 Å². The lowest BCUT2D eigenvalue weighted by atomic mass is 10.2. The smallest absolute Gasteiger partial charge is 0.228 e. The fourth-order valence-corrected chi connectivity index (χ4v) is 3.30. The second-order valence-electron chi connectivity index (χ2n) is 6.59. The third kappa shape index (κ3) is 6.56. The molecule has 3 rings (SSSR count). The van der Waals surface area contributed by atoms with Gasteiger partial charge < -0.3 is 20.1 Å². The van der Waals surface area contributed by atoms with Gasteiger partial charge in [-0.1, -0.05) is 35.8 Å². The molecule has 0 bridgehead atoms. The highest BCUT2D eigenvalue weighted by molar-refractivity contribution is 14.0. The average Bonchev–Trinajstić information content (AvgIpc) is 3.36. The van der Waals surface area contributed by atoms with Gasteiger partial charge in [0, 0.05) is 56.2 Å². The second kappa shape index (κ2) is 11.3. The number of aliphatic imine (C=N–C) groups is 1. The Labute approximate surface area is 192 Å². The number of benzene rings is 1. The molecule has 1 aliphatic rings. The lowest BCUT2D eigenvalue weighted by Crippen LogP contribution is -2.45. The Hall–Kier alpha value is -1.88. The third-order valence-corrected chi connectivity index (χ3v) is 4.83. The number of nitrogens with one attached hydrogen (secondary N) is 2. The first-order valence-electron chi connectivity index (χ1n) is 9.42. The SMILES string of the molecule is CCC(=O)N1CCC(NC(=NC)NCCc2nc(-c3cccc(Cl)c3)no2)C1.I. The van der Waals surface area contributed by atoms with Crippen LogP contribution < -0.4 is 10.6 Å². The summed E-state index contributed by atoms with van der Waals surface area (Å²) in [6.45, 7) is 3.98. The molecular formula is C19H26ClIN6O2. The summed E-state index contributed by atoms with van der Waals surface area (Å²) in [5.74, 6) is 1.95. The van der Waals surface area contributed by atoms with Gasteiger partial charge in [-0.3, -0.25) is 9.79 Å². The van der Waals surface area contributed by atoms with Gasteiger partial charge in [0.15, 0.2) is 5.96 Å². The lowest BCUT2D eigenvalue weighted by Gasteiger charge is -2.18. The zero-order valence-electron chi connectivity index (χ0n) is 16.5. The maximum absolute atomic E-state index is 11.8. The van der Waals surface area contributed by atoms with E-state index in [9.17, 15) is 4.79 Å². The first-order chi connectivity index (χ1) is 13.6. The van der Waals surface area contributed by atoms with Crippen LogP contribution in [0.2, 0.25) is 5.02 Å². The van der Waals surface area contributed by atoms with Crippen LogP contribution in [0.15, 0.2) is 33.8 Å². The van der Waals surface area contributed by atoms with Crippen LogP contribution in [0.3, 0.4) is 0 Å². The summed E-state index contributed by atoms with van der Waals surface area (Å²) in [7, 11) is 1.73. The van der Waals surface area contributed by atoms with Crippen LogP contribution in [0, 0.1) is 0 Å². The number of halogens is 2. The maximum atomic E-state index is 11.8. The number of amides is 1. The molecule has 1 fully saturated rings. The fraction of sp³-hybridized carbons (Fsp3) is 0.474. The molecule has 10 heteroatoms. The summed E-state index contributed by atoms with van der Waals surface area (Å²) in [5.41, 5.74) is 0.820. The predicted molar refractivity (Wildman–Crippen MR) is 124 cm³/mol. The van der Waals surface area contributed by atoms with E-state index in [2.05, 4.69) is 25.8 Å². The summed E-state index contributed by atoms with van der Waals surface area (Å²) in [6.07, 6.45) is 2.03. The number of guanidine groups is 1. The standard InChI is InChI=1S/C19H25ClN6O2.HI/c1-3-17(27)26-10-8-15(12-26)23-19(21-2)22-9-7-16-24-18(25-28-16)13-5-4-6-14(20)11-13;/h4-6,11,15H,3,7-10,12H2,1-2H3,(H2,21,22,23);1H. The van der Waals surface area contributed by atoms with Gasteiger partial charge in [0.05, 0.1) is 0 Å². The minimum absolute atomic E-state index is 0. The molecule has 29 heavy (non-hydrogen) atoms. The molecule has 2 heterocycles. The van der Waals surface area contributed by atoms with Gasteiger partial charge in [0.2, 0.25) is 17.6 Å². The molecule has 2 N–H and O–H groups in total. The Bertz CT molecular complexity index is 844. The highest BCUT2D eigenvalue weighted by atomic mass is 127. The summed E-state index contributed by atoms with van der Waals surface area (Å²) < 4.78 is 5.31. The number of aromatic nitrogens is 2. The van der Waals surface area contributed by atoms with Crippen LogP contribution in [-0.2, 0) is 11.2 Å². The average molecular weight is 533 g/mol. The Kier molecular flexibility index (Phi) is 9.15. The van der Waals surface area contributed by atoms with Gasteiger partial charge in [-0.25, -0.2) is 0 Å². The fourth-order valence-electron chi connectivity index (χ4n) is 3.11. The van der Waals surface area contributed by atoms with Gasteiger partial charge in [-0.15, -0.1) is 24.0 Å². The van der Waals surface area contributed by atoms with E-state index in [1.807, 2.05) is 24.0 Å². The summed E-state index contributed by atoms with van der Waals surface area (Å²) in [5, 5.41) is 11.2. The van der Waals surface area contributed by atoms with Crippen molar-refractivity contribution in [3.8, 4) is 11.4 Å². The molecule has 8 nitrogen and oxygen atoms in total. The Balaban J connectivity index is 0.00000300. The summed E-state index contributed by atoms with van der Waals surface area (Å²) >= 11 is 6.00. The van der Waals surface area contributed by atoms with Gasteiger partial charge in [0.1, 0.15) is 0 Å². The molecule has 0 radical (unpaired) electrons. The molecule has 0 aliphatic carbocycles. The highest BCUT2D eigenvalue weighted by Gasteiger charge is 2.25. The Morgan fingerprint density at radius 1 is 1.45 bits per heavy atom. The third-order valence-electron chi connectivity index (χ3n) is 4.59. The highest BCUT2D eigenvalue weighted by Crippen LogP contribution is 2.19. The van der Waals surface area contributed by atoms with E-state index in [1.54, 1.807) is 19.2 Å². The van der Waals surface area contributed by atoms with Crippen LogP contribution >= 0.6 is 35.6 Å². The number of carbonyl (C=O) groups is 1. The minimum atomic E-state index is 0. The van der Waals surface area contributed by atoms with Crippen molar-refractivity contribution in [1.82, 2.24) is 25.7 Å². The first-order valence-corrected chi connectivity index (χ1v) is 9.80. The molecule has 1 atom stereocenters. The van der Waals surface area contributed by atoms with Gasteiger partial charge in [-0.2, -0.15) is 4.98 Å². The summed E-state index contributed by atoms with van der Waals surface area (Å²) in [4.78, 5) is 22.3. The number of carbonyl (C=O) groups excluding carboxylic acids is 1. The molecule has 1 aliphatic heterocycles. The molecule has 1 unspecified atom stereocenters. The van der Waals surface area contributed by atoms with E-state index < -0.39 is 0 Å². The number of hydrogen-bond donors (Lipinski definition) is 2. The van der Waals surface area contributed by atoms with Crippen LogP contribution in [-0.4, -0.2) is 59.6 Å². The molecule has 0 saturated carbocycles. The molecule has 158 valence electrons. The number of nitrogens with zero attached hydrogens (tertiary/aromatic N) is 4. The Morgan fingerprint density at radius 3 is 3.00 bits per heavy atom. The molecule has 0 spiro atoms. The molecule has 1 aromatic heterocycles. The molecule has 1 saturated heterocycles. The quantitative estimate of drug-likeness (QED) is 0.337. The largest absolute Gasteiger partial charge is 0.356 e. The van der Waals surface area contributed by atoms with Crippen molar-refractivity contribution < 1.29 is 9.32 Å². The van der Waals surface area contributed by atoms with Crippen LogP contribution in [0.1, 0.15) is 25.7 Å². The van der Waals surface area contributed by atoms with Crippen molar-refractivity contribution >= 4 is 47.4 Å². The molecule has 1 aromatic carbocycles. The minimum Gasteiger partial charge on any atom is -0.356 e. The number of rotatable bonds is 6. The topological polar surface area (TPSA) is 95.7 Å². The molecular weight excluding hydrogens is 507 g/mol. The van der Waals surface area contributed by atoms with Gasteiger partial charge >= 0.3 is 0 Å². The van der Waals surface area contributed by atoms with Gasteiger partial charge in [-0.05, 0) is 18.6 Å². The molecule has 2 aromatic rings. The van der Waals surface area contributed by atoms with Crippen LogP contribution in [0.25, 0.3) is 11.4 Å². The summed E-state index contributed by atoms with van der Waals surface area (Å²) in [6, 6.07) is 7.55. The van der Waals surface area contributed by atoms with Crippen molar-refractivity contribution in [2.75, 3.05) is 26.7 Å². The normalized spacial score (nSPS) is 16.4. The van der Waals surface area contributed by atoms with Crippen molar-refractivity contribution in [2.24, 2.45) is 4.99 Å². The predicted octanol–water partition coefficient (Wildman–Crippen LogP) is 2.73. The van der Waals surface area contributed by atoms with Crippen LogP contribution in [0.4, 0.5) is 0 Å². The maximum Gasteiger partial charge on any atom is 0.228 e. The monoisotopic (exact) mass is 532 g/mol. The second-order valence-corrected chi connectivity index (χ2v) is 7.03. The zero-order valence-corrected chi connectivity index (χ0v) is 19.6. The molecule has 1 amide bonds. The lowest BCUT2D eigenvalue weighted by molar-refractivity contribution is -0.129. The van der Waals surface area contributed by atoms with E-state index in [4.69, 9.17) is 16.1 Å². The van der Waals surface area contributed by atoms with E-state index in [-0.39, 0.29) is 35.9 Å². The van der Waals surface area contributed by atoms with E-state index in [1.165, 1.54) is 0 Å². The van der Waals surface area contributed by atoms with Crippen molar-refractivity contribution in [3.05, 3.63) is 35.2 Å². The van der Waals surface area contributed by atoms with E-state index in [0.717, 1.165) is 18.5 Å².